The van der Waals surface area contributed by atoms with Gasteiger partial charge in [0.05, 0.1) is 13.7 Å². The largest absolute Gasteiger partial charge is 0.497 e. The minimum Gasteiger partial charge on any atom is -0.497 e. The maximum absolute atomic E-state index is 5.18. The zero-order valence-electron chi connectivity index (χ0n) is 13.1. The highest BCUT2D eigenvalue weighted by atomic mass is 16.5. The van der Waals surface area contributed by atoms with Gasteiger partial charge < -0.3 is 10.1 Å². The van der Waals surface area contributed by atoms with Crippen molar-refractivity contribution in [2.75, 3.05) is 7.11 Å². The molecule has 2 rings (SSSR count). The van der Waals surface area contributed by atoms with Gasteiger partial charge in [0.25, 0.3) is 0 Å². The van der Waals surface area contributed by atoms with Crippen LogP contribution in [0.2, 0.25) is 0 Å². The number of hydrogen-bond donors (Lipinski definition) is 1. The topological polar surface area (TPSA) is 39.1 Å². The Morgan fingerprint density at radius 1 is 1.19 bits per heavy atom. The molecule has 0 bridgehead atoms. The molecule has 1 aromatic carbocycles. The summed E-state index contributed by atoms with van der Waals surface area (Å²) in [7, 11) is 1.70. The Morgan fingerprint density at radius 2 is 1.95 bits per heavy atom. The van der Waals surface area contributed by atoms with Crippen molar-refractivity contribution in [2.45, 2.75) is 45.3 Å². The lowest BCUT2D eigenvalue weighted by molar-refractivity contribution is 0.395. The van der Waals surface area contributed by atoms with Crippen LogP contribution in [0.15, 0.2) is 42.7 Å². The lowest BCUT2D eigenvalue weighted by Gasteiger charge is -2.20. The first-order valence-electron chi connectivity index (χ1n) is 7.54. The van der Waals surface area contributed by atoms with Crippen molar-refractivity contribution in [3.05, 3.63) is 48.3 Å². The van der Waals surface area contributed by atoms with Crippen LogP contribution in [0.1, 0.15) is 25.8 Å². The van der Waals surface area contributed by atoms with Crippen LogP contribution in [0.3, 0.4) is 0 Å². The average Bonchev–Trinajstić information content (AvgIpc) is 2.98. The summed E-state index contributed by atoms with van der Waals surface area (Å²) in [5.41, 5.74) is 1.35. The third-order valence-electron chi connectivity index (χ3n) is 3.61. The normalized spacial score (nSPS) is 13.9. The van der Waals surface area contributed by atoms with Gasteiger partial charge in [-0.1, -0.05) is 12.1 Å². The predicted octanol–water partition coefficient (Wildman–Crippen LogP) is 2.89. The van der Waals surface area contributed by atoms with E-state index in [1.807, 2.05) is 35.3 Å². The highest BCUT2D eigenvalue weighted by Gasteiger charge is 2.08. The van der Waals surface area contributed by atoms with E-state index in [9.17, 15) is 0 Å². The van der Waals surface area contributed by atoms with E-state index in [0.29, 0.717) is 12.1 Å². The Bertz CT molecular complexity index is 507. The van der Waals surface area contributed by atoms with Gasteiger partial charge in [0.15, 0.2) is 0 Å². The van der Waals surface area contributed by atoms with Crippen LogP contribution in [-0.4, -0.2) is 29.0 Å². The lowest BCUT2D eigenvalue weighted by Crippen LogP contribution is -2.37. The first kappa shape index (κ1) is 15.6. The van der Waals surface area contributed by atoms with Gasteiger partial charge in [-0.15, -0.1) is 0 Å². The summed E-state index contributed by atoms with van der Waals surface area (Å²) in [4.78, 5) is 0. The molecule has 0 radical (unpaired) electrons. The molecule has 21 heavy (non-hydrogen) atoms. The molecular formula is C17H25N3O. The van der Waals surface area contributed by atoms with Gasteiger partial charge in [-0.25, -0.2) is 0 Å². The lowest BCUT2D eigenvalue weighted by atomic mass is 10.1. The van der Waals surface area contributed by atoms with E-state index >= 15 is 0 Å². The summed E-state index contributed by atoms with van der Waals surface area (Å²) >= 11 is 0. The maximum atomic E-state index is 5.18. The number of hydrogen-bond acceptors (Lipinski definition) is 3. The SMILES string of the molecule is COc1ccc(CCC(C)NC(C)Cn2cccn2)cc1. The van der Waals surface area contributed by atoms with Crippen molar-refractivity contribution in [3.8, 4) is 5.75 Å². The molecule has 0 spiro atoms. The number of nitrogens with zero attached hydrogens (tertiary/aromatic N) is 2. The number of rotatable bonds is 8. The molecule has 0 aliphatic carbocycles. The second kappa shape index (κ2) is 7.84. The first-order valence-corrected chi connectivity index (χ1v) is 7.54. The molecule has 4 heteroatoms. The van der Waals surface area contributed by atoms with Crippen LogP contribution in [-0.2, 0) is 13.0 Å². The van der Waals surface area contributed by atoms with Crippen molar-refractivity contribution in [1.29, 1.82) is 0 Å². The van der Waals surface area contributed by atoms with Crippen LogP contribution >= 0.6 is 0 Å². The van der Waals surface area contributed by atoms with Crippen molar-refractivity contribution < 1.29 is 4.74 Å². The molecule has 0 aliphatic rings. The highest BCUT2D eigenvalue weighted by molar-refractivity contribution is 5.27. The quantitative estimate of drug-likeness (QED) is 0.811. The van der Waals surface area contributed by atoms with E-state index in [-0.39, 0.29) is 0 Å². The van der Waals surface area contributed by atoms with Crippen LogP contribution < -0.4 is 10.1 Å². The summed E-state index contributed by atoms with van der Waals surface area (Å²) in [5.74, 6) is 0.915. The van der Waals surface area contributed by atoms with Gasteiger partial charge in [0.2, 0.25) is 0 Å². The fourth-order valence-corrected chi connectivity index (χ4v) is 2.49. The molecule has 1 aromatic heterocycles. The summed E-state index contributed by atoms with van der Waals surface area (Å²) in [6, 6.07) is 11.2. The molecule has 0 amide bonds. The molecule has 4 nitrogen and oxygen atoms in total. The molecule has 1 heterocycles. The Hall–Kier alpha value is -1.81. The average molecular weight is 287 g/mol. The molecule has 2 aromatic rings. The van der Waals surface area contributed by atoms with E-state index in [2.05, 4.69) is 36.4 Å². The third kappa shape index (κ3) is 5.23. The maximum Gasteiger partial charge on any atom is 0.118 e. The van der Waals surface area contributed by atoms with E-state index in [0.717, 1.165) is 25.1 Å². The van der Waals surface area contributed by atoms with E-state index in [1.165, 1.54) is 5.56 Å². The number of aromatic nitrogens is 2. The third-order valence-corrected chi connectivity index (χ3v) is 3.61. The fraction of sp³-hybridized carbons (Fsp3) is 0.471. The van der Waals surface area contributed by atoms with Gasteiger partial charge in [-0.05, 0) is 50.5 Å². The Balaban J connectivity index is 1.72. The monoisotopic (exact) mass is 287 g/mol. The standard InChI is InChI=1S/C17H25N3O/c1-14(19-15(2)13-20-12-4-11-18-20)5-6-16-7-9-17(21-3)10-8-16/h4,7-12,14-15,19H,5-6,13H2,1-3H3. The predicted molar refractivity (Wildman–Crippen MR) is 85.6 cm³/mol. The zero-order valence-corrected chi connectivity index (χ0v) is 13.1. The van der Waals surface area contributed by atoms with Gasteiger partial charge >= 0.3 is 0 Å². The molecule has 0 saturated carbocycles. The van der Waals surface area contributed by atoms with Gasteiger partial charge in [0.1, 0.15) is 5.75 Å². The fourth-order valence-electron chi connectivity index (χ4n) is 2.49. The molecule has 2 unspecified atom stereocenters. The van der Waals surface area contributed by atoms with Crippen LogP contribution in [0.25, 0.3) is 0 Å². The molecule has 0 saturated heterocycles. The highest BCUT2D eigenvalue weighted by Crippen LogP contribution is 2.13. The zero-order chi connectivity index (χ0) is 15.1. The molecule has 0 aliphatic heterocycles. The summed E-state index contributed by atoms with van der Waals surface area (Å²) in [5, 5.41) is 7.86. The molecular weight excluding hydrogens is 262 g/mol. The van der Waals surface area contributed by atoms with Crippen molar-refractivity contribution >= 4 is 0 Å². The molecule has 2 atom stereocenters. The van der Waals surface area contributed by atoms with Crippen LogP contribution in [0, 0.1) is 0 Å². The van der Waals surface area contributed by atoms with E-state index in [4.69, 9.17) is 4.74 Å². The van der Waals surface area contributed by atoms with Gasteiger partial charge in [-0.2, -0.15) is 5.10 Å². The van der Waals surface area contributed by atoms with E-state index in [1.54, 1.807) is 7.11 Å². The van der Waals surface area contributed by atoms with Crippen molar-refractivity contribution in [2.24, 2.45) is 0 Å². The number of benzene rings is 1. The van der Waals surface area contributed by atoms with Gasteiger partial charge in [0, 0.05) is 24.5 Å². The molecule has 114 valence electrons. The minimum absolute atomic E-state index is 0.413. The first-order chi connectivity index (χ1) is 10.2. The number of aryl methyl sites for hydroxylation is 1. The van der Waals surface area contributed by atoms with E-state index < -0.39 is 0 Å². The van der Waals surface area contributed by atoms with Crippen molar-refractivity contribution in [1.82, 2.24) is 15.1 Å². The molecule has 0 fully saturated rings. The minimum atomic E-state index is 0.413. The van der Waals surface area contributed by atoms with Crippen molar-refractivity contribution in [3.63, 3.8) is 0 Å². The Morgan fingerprint density at radius 3 is 2.57 bits per heavy atom. The summed E-state index contributed by atoms with van der Waals surface area (Å²) in [6.45, 7) is 5.34. The molecule has 1 N–H and O–H groups in total. The Kier molecular flexibility index (Phi) is 5.81. The number of ether oxygens (including phenoxy) is 1. The number of nitrogens with one attached hydrogen (secondary N) is 1. The Labute approximate surface area is 127 Å². The summed E-state index contributed by atoms with van der Waals surface area (Å²) in [6.07, 6.45) is 6.02. The van der Waals surface area contributed by atoms with Crippen LogP contribution in [0.5, 0.6) is 5.75 Å². The second-order valence-corrected chi connectivity index (χ2v) is 5.58. The smallest absolute Gasteiger partial charge is 0.118 e. The van der Waals surface area contributed by atoms with Gasteiger partial charge in [-0.3, -0.25) is 4.68 Å². The second-order valence-electron chi connectivity index (χ2n) is 5.58. The van der Waals surface area contributed by atoms with Crippen LogP contribution in [0.4, 0.5) is 0 Å². The number of methoxy groups -OCH3 is 1. The summed E-state index contributed by atoms with van der Waals surface area (Å²) < 4.78 is 7.14.